The molecule has 106 valence electrons. The van der Waals surface area contributed by atoms with E-state index < -0.39 is 0 Å². The van der Waals surface area contributed by atoms with Crippen molar-refractivity contribution in [3.8, 4) is 0 Å². The van der Waals surface area contributed by atoms with E-state index in [0.717, 1.165) is 17.5 Å². The first kappa shape index (κ1) is 15.1. The van der Waals surface area contributed by atoms with Crippen LogP contribution in [0.15, 0.2) is 47.4 Å². The van der Waals surface area contributed by atoms with Crippen molar-refractivity contribution in [3.63, 3.8) is 0 Å². The molecule has 0 amide bonds. The SMILES string of the molecule is CNC(Cc1cc(F)ccc1C)c1ccc(SC)cc1. The third kappa shape index (κ3) is 3.62. The van der Waals surface area contributed by atoms with Crippen LogP contribution in [0.3, 0.4) is 0 Å². The number of likely N-dealkylation sites (N-methyl/N-ethyl adjacent to an activating group) is 1. The topological polar surface area (TPSA) is 12.0 Å². The number of aryl methyl sites for hydroxylation is 1. The van der Waals surface area contributed by atoms with Crippen LogP contribution in [0, 0.1) is 12.7 Å². The highest BCUT2D eigenvalue weighted by Gasteiger charge is 2.12. The number of rotatable bonds is 5. The Hall–Kier alpha value is -1.32. The molecule has 2 rings (SSSR count). The zero-order valence-corrected chi connectivity index (χ0v) is 12.9. The molecule has 0 spiro atoms. The zero-order valence-electron chi connectivity index (χ0n) is 12.1. The van der Waals surface area contributed by atoms with Gasteiger partial charge in [0.2, 0.25) is 0 Å². The Morgan fingerprint density at radius 1 is 1.15 bits per heavy atom. The van der Waals surface area contributed by atoms with Gasteiger partial charge in [-0.25, -0.2) is 4.39 Å². The lowest BCUT2D eigenvalue weighted by atomic mass is 9.96. The number of thioether (sulfide) groups is 1. The molecule has 3 heteroatoms. The molecule has 1 atom stereocenters. The minimum Gasteiger partial charge on any atom is -0.313 e. The average Bonchev–Trinajstić information content (AvgIpc) is 2.48. The third-order valence-electron chi connectivity index (χ3n) is 3.60. The molecular formula is C17H20FNS. The molecule has 1 unspecified atom stereocenters. The van der Waals surface area contributed by atoms with Crippen LogP contribution in [0.5, 0.6) is 0 Å². The zero-order chi connectivity index (χ0) is 14.5. The van der Waals surface area contributed by atoms with Gasteiger partial charge in [-0.15, -0.1) is 11.8 Å². The fraction of sp³-hybridized carbons (Fsp3) is 0.294. The smallest absolute Gasteiger partial charge is 0.123 e. The Bertz CT molecular complexity index is 566. The molecule has 0 heterocycles. The van der Waals surface area contributed by atoms with E-state index in [0.29, 0.717) is 0 Å². The molecule has 0 aliphatic carbocycles. The number of hydrogen-bond acceptors (Lipinski definition) is 2. The van der Waals surface area contributed by atoms with Crippen LogP contribution < -0.4 is 5.32 Å². The van der Waals surface area contributed by atoms with Gasteiger partial charge in [0.25, 0.3) is 0 Å². The average molecular weight is 289 g/mol. The molecule has 20 heavy (non-hydrogen) atoms. The lowest BCUT2D eigenvalue weighted by Gasteiger charge is -2.18. The standard InChI is InChI=1S/C17H20FNS/c1-12-4-7-15(18)10-14(12)11-17(19-2)13-5-8-16(20-3)9-6-13/h4-10,17,19H,11H2,1-3H3. The Kier molecular flexibility index (Phi) is 5.21. The van der Waals surface area contributed by atoms with Crippen molar-refractivity contribution in [2.24, 2.45) is 0 Å². The van der Waals surface area contributed by atoms with Gasteiger partial charge in [-0.1, -0.05) is 18.2 Å². The molecule has 0 saturated heterocycles. The second-order valence-electron chi connectivity index (χ2n) is 4.89. The highest BCUT2D eigenvalue weighted by Crippen LogP contribution is 2.23. The summed E-state index contributed by atoms with van der Waals surface area (Å²) in [4.78, 5) is 1.26. The number of halogens is 1. The van der Waals surface area contributed by atoms with Gasteiger partial charge in [0, 0.05) is 10.9 Å². The first-order valence-corrected chi connectivity index (χ1v) is 7.92. The molecule has 0 radical (unpaired) electrons. The Balaban J connectivity index is 2.21. The lowest BCUT2D eigenvalue weighted by molar-refractivity contribution is 0.582. The van der Waals surface area contributed by atoms with Crippen molar-refractivity contribution in [1.82, 2.24) is 5.32 Å². The van der Waals surface area contributed by atoms with Crippen LogP contribution in [-0.2, 0) is 6.42 Å². The summed E-state index contributed by atoms with van der Waals surface area (Å²) in [5.41, 5.74) is 3.42. The van der Waals surface area contributed by atoms with Gasteiger partial charge in [0.1, 0.15) is 5.82 Å². The van der Waals surface area contributed by atoms with Crippen LogP contribution in [0.2, 0.25) is 0 Å². The van der Waals surface area contributed by atoms with E-state index in [-0.39, 0.29) is 11.9 Å². The minimum absolute atomic E-state index is 0.168. The molecule has 2 aromatic carbocycles. The Morgan fingerprint density at radius 3 is 2.45 bits per heavy atom. The number of hydrogen-bond donors (Lipinski definition) is 1. The van der Waals surface area contributed by atoms with E-state index in [1.807, 2.05) is 20.0 Å². The molecule has 0 saturated carbocycles. The van der Waals surface area contributed by atoms with Crippen LogP contribution in [0.4, 0.5) is 4.39 Å². The van der Waals surface area contributed by atoms with E-state index in [4.69, 9.17) is 0 Å². The van der Waals surface area contributed by atoms with Gasteiger partial charge >= 0.3 is 0 Å². The van der Waals surface area contributed by atoms with Crippen LogP contribution >= 0.6 is 11.8 Å². The van der Waals surface area contributed by atoms with Crippen molar-refractivity contribution >= 4 is 11.8 Å². The van der Waals surface area contributed by atoms with E-state index in [9.17, 15) is 4.39 Å². The van der Waals surface area contributed by atoms with Gasteiger partial charge in [0.05, 0.1) is 0 Å². The first-order chi connectivity index (χ1) is 9.63. The van der Waals surface area contributed by atoms with Crippen molar-refractivity contribution < 1.29 is 4.39 Å². The summed E-state index contributed by atoms with van der Waals surface area (Å²) in [6.07, 6.45) is 2.86. The normalized spacial score (nSPS) is 12.4. The van der Waals surface area contributed by atoms with Gasteiger partial charge in [-0.05, 0) is 67.6 Å². The van der Waals surface area contributed by atoms with E-state index in [1.165, 1.54) is 16.5 Å². The van der Waals surface area contributed by atoms with Gasteiger partial charge < -0.3 is 5.32 Å². The van der Waals surface area contributed by atoms with E-state index in [1.54, 1.807) is 17.8 Å². The molecule has 0 fully saturated rings. The molecular weight excluding hydrogens is 269 g/mol. The van der Waals surface area contributed by atoms with Crippen molar-refractivity contribution in [1.29, 1.82) is 0 Å². The Morgan fingerprint density at radius 2 is 1.85 bits per heavy atom. The molecule has 0 aliphatic heterocycles. The number of benzene rings is 2. The van der Waals surface area contributed by atoms with Crippen LogP contribution in [0.25, 0.3) is 0 Å². The van der Waals surface area contributed by atoms with Gasteiger partial charge in [-0.3, -0.25) is 0 Å². The maximum Gasteiger partial charge on any atom is 0.123 e. The number of nitrogens with one attached hydrogen (secondary N) is 1. The fourth-order valence-electron chi connectivity index (χ4n) is 2.30. The predicted molar refractivity (Wildman–Crippen MR) is 84.9 cm³/mol. The molecule has 2 aromatic rings. The van der Waals surface area contributed by atoms with E-state index >= 15 is 0 Å². The maximum atomic E-state index is 13.4. The summed E-state index contributed by atoms with van der Waals surface area (Å²) in [6.45, 7) is 2.03. The second-order valence-corrected chi connectivity index (χ2v) is 5.77. The van der Waals surface area contributed by atoms with Gasteiger partial charge in [0.15, 0.2) is 0 Å². The summed E-state index contributed by atoms with van der Waals surface area (Å²) in [7, 11) is 1.95. The molecule has 0 aliphatic rings. The lowest BCUT2D eigenvalue weighted by Crippen LogP contribution is -2.19. The molecule has 0 bridgehead atoms. The summed E-state index contributed by atoms with van der Waals surface area (Å²) in [5, 5.41) is 3.32. The summed E-state index contributed by atoms with van der Waals surface area (Å²) < 4.78 is 13.4. The van der Waals surface area contributed by atoms with Crippen LogP contribution in [0.1, 0.15) is 22.7 Å². The summed E-state index contributed by atoms with van der Waals surface area (Å²) in [5.74, 6) is -0.168. The first-order valence-electron chi connectivity index (χ1n) is 6.70. The third-order valence-corrected chi connectivity index (χ3v) is 4.35. The monoisotopic (exact) mass is 289 g/mol. The minimum atomic E-state index is -0.168. The highest BCUT2D eigenvalue weighted by atomic mass is 32.2. The van der Waals surface area contributed by atoms with Crippen molar-refractivity contribution in [2.45, 2.75) is 24.3 Å². The largest absolute Gasteiger partial charge is 0.313 e. The summed E-state index contributed by atoms with van der Waals surface area (Å²) in [6, 6.07) is 13.7. The molecule has 1 nitrogen and oxygen atoms in total. The van der Waals surface area contributed by atoms with Gasteiger partial charge in [-0.2, -0.15) is 0 Å². The molecule has 0 aromatic heterocycles. The molecule has 1 N–H and O–H groups in total. The second kappa shape index (κ2) is 6.91. The Labute approximate surface area is 124 Å². The fourth-order valence-corrected chi connectivity index (χ4v) is 2.71. The summed E-state index contributed by atoms with van der Waals surface area (Å²) >= 11 is 1.74. The highest BCUT2D eigenvalue weighted by molar-refractivity contribution is 7.98. The maximum absolute atomic E-state index is 13.4. The quantitative estimate of drug-likeness (QED) is 0.821. The predicted octanol–water partition coefficient (Wildman–Crippen LogP) is 4.36. The van der Waals surface area contributed by atoms with Crippen LogP contribution in [-0.4, -0.2) is 13.3 Å². The van der Waals surface area contributed by atoms with Crippen molar-refractivity contribution in [2.75, 3.05) is 13.3 Å². The van der Waals surface area contributed by atoms with E-state index in [2.05, 4.69) is 35.8 Å². The van der Waals surface area contributed by atoms with Crippen molar-refractivity contribution in [3.05, 3.63) is 65.0 Å².